The molecular weight excluding hydrogens is 307 g/mol. The van der Waals surface area contributed by atoms with E-state index in [0.717, 1.165) is 17.0 Å². The first-order valence-corrected chi connectivity index (χ1v) is 6.26. The highest BCUT2D eigenvalue weighted by Gasteiger charge is 2.31. The van der Waals surface area contributed by atoms with E-state index in [1.165, 1.54) is 0 Å². The Labute approximate surface area is 123 Å². The number of nitrogens with zero attached hydrogens (tertiary/aromatic N) is 1. The molecule has 1 atom stereocenters. The summed E-state index contributed by atoms with van der Waals surface area (Å²) in [6.45, 7) is -3.37. The van der Waals surface area contributed by atoms with Gasteiger partial charge in [-0.25, -0.2) is 9.18 Å². The van der Waals surface area contributed by atoms with E-state index in [1.54, 1.807) is 0 Å². The SMILES string of the molecule is O=C(O)C1CN(C(=O)c2ccc(F)cc2OC(F)F)CCO1. The van der Waals surface area contributed by atoms with E-state index < -0.39 is 36.2 Å². The van der Waals surface area contributed by atoms with Crippen LogP contribution in [0.2, 0.25) is 0 Å². The van der Waals surface area contributed by atoms with Gasteiger partial charge in [0.15, 0.2) is 6.10 Å². The summed E-state index contributed by atoms with van der Waals surface area (Å²) >= 11 is 0. The number of carboxylic acid groups (broad SMARTS) is 1. The van der Waals surface area contributed by atoms with Crippen LogP contribution in [-0.4, -0.2) is 54.3 Å². The van der Waals surface area contributed by atoms with Crippen LogP contribution in [0.1, 0.15) is 10.4 Å². The minimum absolute atomic E-state index is 0.00502. The molecule has 1 aliphatic rings. The number of hydrogen-bond donors (Lipinski definition) is 1. The lowest BCUT2D eigenvalue weighted by Crippen LogP contribution is -2.48. The maximum absolute atomic E-state index is 13.1. The number of carboxylic acids is 1. The Morgan fingerprint density at radius 1 is 1.41 bits per heavy atom. The maximum atomic E-state index is 13.1. The van der Waals surface area contributed by atoms with Crippen molar-refractivity contribution in [2.24, 2.45) is 0 Å². The molecule has 0 bridgehead atoms. The van der Waals surface area contributed by atoms with Crippen LogP contribution in [-0.2, 0) is 9.53 Å². The lowest BCUT2D eigenvalue weighted by Gasteiger charge is -2.31. The molecule has 0 spiro atoms. The Hall–Kier alpha value is -2.29. The number of ether oxygens (including phenoxy) is 2. The molecule has 0 saturated carbocycles. The summed E-state index contributed by atoms with van der Waals surface area (Å²) in [5, 5.41) is 8.88. The fourth-order valence-electron chi connectivity index (χ4n) is 2.02. The Kier molecular flexibility index (Phi) is 4.86. The molecule has 6 nitrogen and oxygen atoms in total. The first kappa shape index (κ1) is 16.1. The zero-order chi connectivity index (χ0) is 16.3. The van der Waals surface area contributed by atoms with E-state index in [2.05, 4.69) is 4.74 Å². The maximum Gasteiger partial charge on any atom is 0.387 e. The first-order valence-electron chi connectivity index (χ1n) is 6.26. The van der Waals surface area contributed by atoms with Crippen molar-refractivity contribution in [3.8, 4) is 5.75 Å². The summed E-state index contributed by atoms with van der Waals surface area (Å²) in [7, 11) is 0. The van der Waals surface area contributed by atoms with Gasteiger partial charge in [-0.1, -0.05) is 0 Å². The third-order valence-electron chi connectivity index (χ3n) is 3.02. The number of rotatable bonds is 4. The van der Waals surface area contributed by atoms with Gasteiger partial charge in [-0.05, 0) is 12.1 Å². The number of amides is 1. The Morgan fingerprint density at radius 3 is 2.77 bits per heavy atom. The van der Waals surface area contributed by atoms with Gasteiger partial charge in [-0.15, -0.1) is 0 Å². The molecule has 1 aromatic rings. The van der Waals surface area contributed by atoms with Gasteiger partial charge in [0.05, 0.1) is 18.7 Å². The Balaban J connectivity index is 2.23. The molecule has 0 radical (unpaired) electrons. The minimum atomic E-state index is -3.22. The molecule has 1 aromatic carbocycles. The number of morpholine rings is 1. The largest absolute Gasteiger partial charge is 0.479 e. The van der Waals surface area contributed by atoms with Crippen LogP contribution < -0.4 is 4.74 Å². The molecule has 1 heterocycles. The van der Waals surface area contributed by atoms with Gasteiger partial charge < -0.3 is 19.5 Å². The molecule has 0 aliphatic carbocycles. The van der Waals surface area contributed by atoms with Crippen LogP contribution in [0.5, 0.6) is 5.75 Å². The fourth-order valence-corrected chi connectivity index (χ4v) is 2.02. The molecule has 1 unspecified atom stereocenters. The van der Waals surface area contributed by atoms with Crippen molar-refractivity contribution >= 4 is 11.9 Å². The van der Waals surface area contributed by atoms with E-state index in [0.29, 0.717) is 6.07 Å². The number of aliphatic carboxylic acids is 1. The second-order valence-electron chi connectivity index (χ2n) is 4.47. The highest BCUT2D eigenvalue weighted by Crippen LogP contribution is 2.24. The quantitative estimate of drug-likeness (QED) is 0.907. The fraction of sp³-hybridized carbons (Fsp3) is 0.385. The third-order valence-corrected chi connectivity index (χ3v) is 3.02. The van der Waals surface area contributed by atoms with Crippen LogP contribution in [0.3, 0.4) is 0 Å². The van der Waals surface area contributed by atoms with Crippen molar-refractivity contribution in [3.63, 3.8) is 0 Å². The molecule has 1 amide bonds. The monoisotopic (exact) mass is 319 g/mol. The molecule has 9 heteroatoms. The normalized spacial score (nSPS) is 18.4. The van der Waals surface area contributed by atoms with Gasteiger partial charge in [0.2, 0.25) is 0 Å². The van der Waals surface area contributed by atoms with E-state index in [1.807, 2.05) is 0 Å². The van der Waals surface area contributed by atoms with Gasteiger partial charge >= 0.3 is 12.6 Å². The van der Waals surface area contributed by atoms with Gasteiger partial charge in [0.25, 0.3) is 5.91 Å². The number of halogens is 3. The molecular formula is C13H12F3NO5. The Bertz CT molecular complexity index is 581. The van der Waals surface area contributed by atoms with Crippen LogP contribution >= 0.6 is 0 Å². The van der Waals surface area contributed by atoms with Gasteiger partial charge in [-0.3, -0.25) is 4.79 Å². The zero-order valence-corrected chi connectivity index (χ0v) is 11.2. The van der Waals surface area contributed by atoms with Crippen molar-refractivity contribution < 1.29 is 37.3 Å². The molecule has 1 saturated heterocycles. The second kappa shape index (κ2) is 6.65. The number of benzene rings is 1. The summed E-state index contributed by atoms with van der Waals surface area (Å²) in [6.07, 6.45) is -1.20. The second-order valence-corrected chi connectivity index (χ2v) is 4.47. The van der Waals surface area contributed by atoms with Crippen molar-refractivity contribution in [1.82, 2.24) is 4.90 Å². The van der Waals surface area contributed by atoms with Gasteiger partial charge in [-0.2, -0.15) is 8.78 Å². The van der Waals surface area contributed by atoms with Crippen LogP contribution in [0.4, 0.5) is 13.2 Å². The summed E-state index contributed by atoms with van der Waals surface area (Å²) in [4.78, 5) is 24.3. The summed E-state index contributed by atoms with van der Waals surface area (Å²) in [5.41, 5.74) is -0.271. The number of hydrogen-bond acceptors (Lipinski definition) is 4. The van der Waals surface area contributed by atoms with Crippen LogP contribution in [0.25, 0.3) is 0 Å². The standard InChI is InChI=1S/C13H12F3NO5/c14-7-1-2-8(9(5-7)22-13(15)16)11(18)17-3-4-21-10(6-17)12(19)20/h1-2,5,10,13H,3-4,6H2,(H,19,20). The molecule has 1 N–H and O–H groups in total. The number of carbonyl (C=O) groups excluding carboxylic acids is 1. The van der Waals surface area contributed by atoms with E-state index in [9.17, 15) is 22.8 Å². The molecule has 0 aromatic heterocycles. The average Bonchev–Trinajstić information content (AvgIpc) is 2.46. The smallest absolute Gasteiger partial charge is 0.387 e. The van der Waals surface area contributed by atoms with Crippen molar-refractivity contribution in [2.45, 2.75) is 12.7 Å². The van der Waals surface area contributed by atoms with Crippen molar-refractivity contribution in [2.75, 3.05) is 19.7 Å². The van der Waals surface area contributed by atoms with E-state index in [-0.39, 0.29) is 25.3 Å². The predicted molar refractivity (Wildman–Crippen MR) is 66.3 cm³/mol. The number of alkyl halides is 2. The number of carbonyl (C=O) groups is 2. The topological polar surface area (TPSA) is 76.1 Å². The zero-order valence-electron chi connectivity index (χ0n) is 11.2. The molecule has 2 rings (SSSR count). The molecule has 22 heavy (non-hydrogen) atoms. The van der Waals surface area contributed by atoms with Crippen molar-refractivity contribution in [1.29, 1.82) is 0 Å². The summed E-state index contributed by atoms with van der Waals surface area (Å²) < 4.78 is 46.9. The Morgan fingerprint density at radius 2 is 2.14 bits per heavy atom. The molecule has 120 valence electrons. The third kappa shape index (κ3) is 3.67. The minimum Gasteiger partial charge on any atom is -0.479 e. The van der Waals surface area contributed by atoms with Crippen LogP contribution in [0.15, 0.2) is 18.2 Å². The average molecular weight is 319 g/mol. The van der Waals surface area contributed by atoms with Crippen molar-refractivity contribution in [3.05, 3.63) is 29.6 Å². The van der Waals surface area contributed by atoms with Crippen LogP contribution in [0, 0.1) is 5.82 Å². The van der Waals surface area contributed by atoms with Gasteiger partial charge in [0.1, 0.15) is 11.6 Å². The summed E-state index contributed by atoms with van der Waals surface area (Å²) in [5.74, 6) is -3.40. The molecule has 1 fully saturated rings. The highest BCUT2D eigenvalue weighted by atomic mass is 19.3. The summed E-state index contributed by atoms with van der Waals surface area (Å²) in [6, 6.07) is 2.62. The highest BCUT2D eigenvalue weighted by molar-refractivity contribution is 5.97. The van der Waals surface area contributed by atoms with E-state index >= 15 is 0 Å². The first-order chi connectivity index (χ1) is 10.4. The predicted octanol–water partition coefficient (Wildman–Crippen LogP) is 1.35. The lowest BCUT2D eigenvalue weighted by atomic mass is 10.1. The lowest BCUT2D eigenvalue weighted by molar-refractivity contribution is -0.154. The molecule has 1 aliphatic heterocycles. The van der Waals surface area contributed by atoms with E-state index in [4.69, 9.17) is 9.84 Å². The van der Waals surface area contributed by atoms with Gasteiger partial charge in [0, 0.05) is 12.6 Å².